The zero-order chi connectivity index (χ0) is 49.8. The number of benzene rings is 9. The summed E-state index contributed by atoms with van der Waals surface area (Å²) in [6, 6.07) is 84.1. The van der Waals surface area contributed by atoms with Gasteiger partial charge in [0.25, 0.3) is 0 Å². The maximum absolute atomic E-state index is 5.14. The molecule has 0 fully saturated rings. The van der Waals surface area contributed by atoms with Crippen LogP contribution < -0.4 is 4.90 Å². The quantitative estimate of drug-likeness (QED) is 0.160. The van der Waals surface area contributed by atoms with Crippen molar-refractivity contribution in [3.05, 3.63) is 273 Å². The lowest BCUT2D eigenvalue weighted by Gasteiger charge is -2.28. The van der Waals surface area contributed by atoms with Gasteiger partial charge in [0.1, 0.15) is 0 Å². The molecule has 16 rings (SSSR count). The summed E-state index contributed by atoms with van der Waals surface area (Å²) >= 11 is 0. The summed E-state index contributed by atoms with van der Waals surface area (Å²) in [7, 11) is 0. The van der Waals surface area contributed by atoms with Crippen LogP contribution in [0.1, 0.15) is 11.5 Å². The van der Waals surface area contributed by atoms with E-state index in [4.69, 9.17) is 9.97 Å². The Morgan fingerprint density at radius 1 is 0.316 bits per heavy atom. The van der Waals surface area contributed by atoms with Gasteiger partial charge in [-0.15, -0.1) is 0 Å². The molecule has 2 aliphatic rings. The highest BCUT2D eigenvalue weighted by Gasteiger charge is 2.37. The number of hydrogen-bond donors (Lipinski definition) is 0. The van der Waals surface area contributed by atoms with Gasteiger partial charge in [-0.1, -0.05) is 152 Å². The average Bonchev–Trinajstić information content (AvgIpc) is 4.22. The van der Waals surface area contributed by atoms with Crippen LogP contribution >= 0.6 is 0 Å². The number of rotatable bonds is 7. The van der Waals surface area contributed by atoms with Crippen LogP contribution in [-0.2, 0) is 0 Å². The molecule has 2 unspecified atom stereocenters. The number of para-hydroxylation sites is 5. The first-order valence-corrected chi connectivity index (χ1v) is 26.1. The van der Waals surface area contributed by atoms with Gasteiger partial charge in [0.05, 0.1) is 50.5 Å². The first-order chi connectivity index (χ1) is 37.7. The maximum atomic E-state index is 5.14. The first kappa shape index (κ1) is 42.5. The summed E-state index contributed by atoms with van der Waals surface area (Å²) < 4.78 is 7.21. The van der Waals surface area contributed by atoms with Crippen molar-refractivity contribution >= 4 is 76.8 Å². The van der Waals surface area contributed by atoms with Crippen molar-refractivity contribution in [3.63, 3.8) is 0 Å². The molecular formula is C70H46N6. The minimum Gasteiger partial charge on any atom is -0.333 e. The zero-order valence-corrected chi connectivity index (χ0v) is 41.2. The third kappa shape index (κ3) is 6.34. The molecule has 6 nitrogen and oxygen atoms in total. The molecule has 9 aromatic carbocycles. The predicted octanol–water partition coefficient (Wildman–Crippen LogP) is 17.5. The standard InChI is InChI=1S/C70H46N6/c1-7-29-61-51(21-1)52-22-2-8-30-62(52)75(61)49-35-37-67-59(43-49)55-25-5-11-33-65(55)73(67)47-19-13-17-45(41-47)69-57(27-15-39-71-69)58-28-16-40-72-70(58)46-18-14-20-48(42-46)74-66-34-12-6-26-56(66)60-44-50(36-38-68(60)74)76-63-31-9-3-23-53(63)54-24-4-10-32-64(54)76/h1-44,51,61H. The molecule has 6 heteroatoms. The van der Waals surface area contributed by atoms with Crippen molar-refractivity contribution < 1.29 is 0 Å². The van der Waals surface area contributed by atoms with Crippen LogP contribution in [0.25, 0.3) is 116 Å². The van der Waals surface area contributed by atoms with E-state index in [2.05, 4.69) is 261 Å². The van der Waals surface area contributed by atoms with Crippen LogP contribution in [0.15, 0.2) is 267 Å². The van der Waals surface area contributed by atoms with Crippen LogP contribution in [0.2, 0.25) is 0 Å². The molecule has 356 valence electrons. The fraction of sp³-hybridized carbons (Fsp3) is 0.0286. The van der Waals surface area contributed by atoms with Crippen LogP contribution in [0.4, 0.5) is 11.4 Å². The Morgan fingerprint density at radius 3 is 1.30 bits per heavy atom. The normalized spacial score (nSPS) is 15.0. The van der Waals surface area contributed by atoms with Crippen molar-refractivity contribution in [3.8, 4) is 50.7 Å². The lowest BCUT2D eigenvalue weighted by molar-refractivity contribution is 0.745. The number of hydrogen-bond acceptors (Lipinski definition) is 3. The van der Waals surface area contributed by atoms with E-state index < -0.39 is 0 Å². The second-order valence-corrected chi connectivity index (χ2v) is 20.1. The molecule has 0 N–H and O–H groups in total. The third-order valence-electron chi connectivity index (χ3n) is 16.0. The van der Waals surface area contributed by atoms with Crippen LogP contribution in [0, 0.1) is 0 Å². The first-order valence-electron chi connectivity index (χ1n) is 26.1. The second-order valence-electron chi connectivity index (χ2n) is 20.1. The molecule has 0 radical (unpaired) electrons. The number of anilines is 2. The molecule has 0 saturated heterocycles. The van der Waals surface area contributed by atoms with Gasteiger partial charge in [-0.2, -0.15) is 0 Å². The van der Waals surface area contributed by atoms with Crippen molar-refractivity contribution in [1.29, 1.82) is 0 Å². The van der Waals surface area contributed by atoms with Crippen molar-refractivity contribution in [2.75, 3.05) is 4.90 Å². The molecule has 2 atom stereocenters. The van der Waals surface area contributed by atoms with E-state index in [-0.39, 0.29) is 6.04 Å². The molecule has 76 heavy (non-hydrogen) atoms. The van der Waals surface area contributed by atoms with Crippen LogP contribution in [0.3, 0.4) is 0 Å². The number of fused-ring (bicyclic) bond motifs is 12. The Balaban J connectivity index is 0.787. The number of aromatic nitrogens is 5. The molecule has 1 aliphatic heterocycles. The largest absolute Gasteiger partial charge is 0.333 e. The summed E-state index contributed by atoms with van der Waals surface area (Å²) in [6.07, 6.45) is 12.9. The highest BCUT2D eigenvalue weighted by molar-refractivity contribution is 6.13. The van der Waals surface area contributed by atoms with Gasteiger partial charge in [0.15, 0.2) is 0 Å². The summed E-state index contributed by atoms with van der Waals surface area (Å²) in [5, 5.41) is 7.36. The minimum absolute atomic E-state index is 0.232. The minimum atomic E-state index is 0.232. The summed E-state index contributed by atoms with van der Waals surface area (Å²) in [4.78, 5) is 12.8. The monoisotopic (exact) mass is 970 g/mol. The number of nitrogens with zero attached hydrogens (tertiary/aromatic N) is 6. The molecule has 0 amide bonds. The Morgan fingerprint density at radius 2 is 0.750 bits per heavy atom. The molecule has 5 aromatic heterocycles. The topological polar surface area (TPSA) is 43.8 Å². The van der Waals surface area contributed by atoms with Crippen molar-refractivity contribution in [2.24, 2.45) is 0 Å². The Labute approximate surface area is 438 Å². The highest BCUT2D eigenvalue weighted by atomic mass is 15.2. The van der Waals surface area contributed by atoms with E-state index in [1.54, 1.807) is 0 Å². The van der Waals surface area contributed by atoms with Gasteiger partial charge >= 0.3 is 0 Å². The lowest BCUT2D eigenvalue weighted by atomic mass is 9.91. The van der Waals surface area contributed by atoms with E-state index in [1.165, 1.54) is 60.3 Å². The Bertz CT molecular complexity index is 4700. The van der Waals surface area contributed by atoms with Crippen molar-refractivity contribution in [1.82, 2.24) is 23.7 Å². The van der Waals surface area contributed by atoms with E-state index in [0.29, 0.717) is 5.92 Å². The molecule has 0 bridgehead atoms. The van der Waals surface area contributed by atoms with Crippen molar-refractivity contribution in [2.45, 2.75) is 12.0 Å². The smallest absolute Gasteiger partial charge is 0.0781 e. The summed E-state index contributed by atoms with van der Waals surface area (Å²) in [5.74, 6) is 0.325. The Kier molecular flexibility index (Phi) is 9.36. The second kappa shape index (κ2) is 16.7. The van der Waals surface area contributed by atoms with Gasteiger partial charge < -0.3 is 18.6 Å². The fourth-order valence-electron chi connectivity index (χ4n) is 12.8. The van der Waals surface area contributed by atoms with Crippen LogP contribution in [-0.4, -0.2) is 29.7 Å². The van der Waals surface area contributed by atoms with E-state index in [9.17, 15) is 0 Å². The number of pyridine rings is 2. The van der Waals surface area contributed by atoms with Gasteiger partial charge in [-0.25, -0.2) is 0 Å². The Hall–Kier alpha value is -10.0. The summed E-state index contributed by atoms with van der Waals surface area (Å²) in [5.41, 5.74) is 20.0. The maximum Gasteiger partial charge on any atom is 0.0781 e. The van der Waals surface area contributed by atoms with Gasteiger partial charge in [0.2, 0.25) is 0 Å². The van der Waals surface area contributed by atoms with Gasteiger partial charge in [-0.3, -0.25) is 9.97 Å². The third-order valence-corrected chi connectivity index (χ3v) is 16.0. The van der Waals surface area contributed by atoms with Gasteiger partial charge in [-0.05, 0) is 109 Å². The molecular weight excluding hydrogens is 925 g/mol. The predicted molar refractivity (Wildman–Crippen MR) is 315 cm³/mol. The molecule has 0 saturated carbocycles. The number of allylic oxidation sites excluding steroid dienone is 2. The SMILES string of the molecule is C1=CC2c3ccccc3N(c3ccc4c(c3)c3ccccc3n4-c3cccc(-c4ncccc4-c4cccnc4-c4cccc(-n5c6ccccc6c6cc(-n7c8ccccc8c8ccccc87)ccc65)c4)c3)C2C=C1. The lowest BCUT2D eigenvalue weighted by Crippen LogP contribution is -2.28. The molecule has 1 aliphatic carbocycles. The molecule has 6 heterocycles. The van der Waals surface area contributed by atoms with Crippen LogP contribution in [0.5, 0.6) is 0 Å². The van der Waals surface area contributed by atoms with E-state index >= 15 is 0 Å². The van der Waals surface area contributed by atoms with E-state index in [0.717, 1.165) is 72.8 Å². The molecule has 0 spiro atoms. The fourth-order valence-corrected chi connectivity index (χ4v) is 12.8. The zero-order valence-electron chi connectivity index (χ0n) is 41.2. The average molecular weight is 971 g/mol. The van der Waals surface area contributed by atoms with E-state index in [1.807, 2.05) is 24.5 Å². The highest BCUT2D eigenvalue weighted by Crippen LogP contribution is 2.49. The molecule has 14 aromatic rings. The van der Waals surface area contributed by atoms with Gasteiger partial charge in [0, 0.05) is 101 Å². The summed E-state index contributed by atoms with van der Waals surface area (Å²) in [6.45, 7) is 0.